The van der Waals surface area contributed by atoms with E-state index in [4.69, 9.17) is 28.3 Å². The van der Waals surface area contributed by atoms with Crippen molar-refractivity contribution in [2.24, 2.45) is 7.05 Å². The van der Waals surface area contributed by atoms with Crippen molar-refractivity contribution in [3.63, 3.8) is 0 Å². The van der Waals surface area contributed by atoms with Crippen molar-refractivity contribution >= 4 is 68.8 Å². The Balaban J connectivity index is 0.636. The molecule has 19 nitrogen and oxygen atoms in total. The number of hydrogen-bond acceptors (Lipinski definition) is 11. The third kappa shape index (κ3) is 13.2. The highest BCUT2D eigenvalue weighted by atomic mass is 35.5. The summed E-state index contributed by atoms with van der Waals surface area (Å²) in [6.45, 7) is 5.34. The predicted molar refractivity (Wildman–Crippen MR) is 300 cm³/mol. The number of nitrogens with zero attached hydrogens (tertiary/aromatic N) is 8. The normalized spacial score (nSPS) is 14.7. The molecule has 1 saturated heterocycles. The molecule has 1 fully saturated rings. The van der Waals surface area contributed by atoms with Gasteiger partial charge in [0, 0.05) is 106 Å². The average Bonchev–Trinajstić information content (AvgIpc) is 4.39. The molecule has 3 aromatic carbocycles. The summed E-state index contributed by atoms with van der Waals surface area (Å²) in [4.78, 5) is 75.8. The second-order valence-corrected chi connectivity index (χ2v) is 21.5. The number of carbonyl (C=O) groups is 4. The summed E-state index contributed by atoms with van der Waals surface area (Å²) in [5.41, 5.74) is 6.87. The summed E-state index contributed by atoms with van der Waals surface area (Å²) >= 11 is 13.2. The number of amides is 4. The largest absolute Gasteiger partial charge is 0.388 e. The molecule has 6 heterocycles. The molecule has 2 aliphatic heterocycles. The minimum absolute atomic E-state index is 0.0144. The number of carbonyl (C=O) groups excluding carboxylic acids is 4. The first-order valence-electron chi connectivity index (χ1n) is 26.9. The lowest BCUT2D eigenvalue weighted by Gasteiger charge is -2.38. The van der Waals surface area contributed by atoms with Gasteiger partial charge in [-0.1, -0.05) is 104 Å². The van der Waals surface area contributed by atoms with Gasteiger partial charge >= 0.3 is 0 Å². The Morgan fingerprint density at radius 2 is 1.60 bits per heavy atom. The van der Waals surface area contributed by atoms with Crippen LogP contribution in [0.4, 0.5) is 0 Å². The SMILES string of the molecule is C[C@H](CC(=O)N1CCC(O)(Cn2cnc3c(-c4ccc(CNCC(=O)NCCCCCCCC(=O)NCCn5ccc(-c6cc(Cl)c(Cl)c7[nH]c8c(c67)CN(C(=O)CO)CC8)n5)cc4)n(C)nc3c2=O)CC1)c1ccccc1. The van der Waals surface area contributed by atoms with Gasteiger partial charge in [0.25, 0.3) is 5.56 Å². The topological polar surface area (TPSA) is 238 Å². The number of benzene rings is 3. The monoisotopic (exact) mass is 1100 g/mol. The Morgan fingerprint density at radius 3 is 2.37 bits per heavy atom. The zero-order chi connectivity index (χ0) is 54.9. The number of aliphatic hydroxyl groups is 2. The summed E-state index contributed by atoms with van der Waals surface area (Å²) in [5.74, 6) is -0.275. The summed E-state index contributed by atoms with van der Waals surface area (Å²) in [6.07, 6.45) is 9.89. The molecule has 7 aromatic rings. The summed E-state index contributed by atoms with van der Waals surface area (Å²) in [5, 5.41) is 41.1. The maximum absolute atomic E-state index is 13.7. The third-order valence-corrected chi connectivity index (χ3v) is 15.9. The van der Waals surface area contributed by atoms with Gasteiger partial charge in [-0.05, 0) is 54.9 Å². The molecule has 78 heavy (non-hydrogen) atoms. The van der Waals surface area contributed by atoms with E-state index < -0.39 is 12.2 Å². The maximum Gasteiger partial charge on any atom is 0.281 e. The van der Waals surface area contributed by atoms with Gasteiger partial charge in [-0.15, -0.1) is 0 Å². The Morgan fingerprint density at radius 1 is 0.859 bits per heavy atom. The molecule has 0 radical (unpaired) electrons. The van der Waals surface area contributed by atoms with Crippen LogP contribution in [0.25, 0.3) is 44.5 Å². The first-order valence-corrected chi connectivity index (χ1v) is 27.7. The van der Waals surface area contributed by atoms with Gasteiger partial charge in [-0.3, -0.25) is 37.9 Å². The molecule has 6 N–H and O–H groups in total. The summed E-state index contributed by atoms with van der Waals surface area (Å²) < 4.78 is 4.84. The molecule has 1 atom stereocenters. The van der Waals surface area contributed by atoms with Crippen LogP contribution in [0.1, 0.15) is 93.0 Å². The Hall–Kier alpha value is -6.90. The molecule has 4 amide bonds. The zero-order valence-corrected chi connectivity index (χ0v) is 45.7. The van der Waals surface area contributed by atoms with E-state index in [0.29, 0.717) is 117 Å². The first kappa shape index (κ1) is 55.8. The average molecular weight is 1100 g/mol. The van der Waals surface area contributed by atoms with Crippen molar-refractivity contribution in [1.29, 1.82) is 0 Å². The molecule has 0 saturated carbocycles. The smallest absolute Gasteiger partial charge is 0.281 e. The summed E-state index contributed by atoms with van der Waals surface area (Å²) in [7, 11) is 1.77. The lowest BCUT2D eigenvalue weighted by atomic mass is 9.90. The van der Waals surface area contributed by atoms with E-state index in [9.17, 15) is 34.2 Å². The third-order valence-electron chi connectivity index (χ3n) is 15.1. The quantitative estimate of drug-likeness (QED) is 0.0393. The van der Waals surface area contributed by atoms with Crippen LogP contribution in [0.5, 0.6) is 0 Å². The van der Waals surface area contributed by atoms with Crippen LogP contribution in [0, 0.1) is 0 Å². The Kier molecular flexibility index (Phi) is 18.1. The van der Waals surface area contributed by atoms with Gasteiger partial charge in [0.2, 0.25) is 23.6 Å². The highest BCUT2D eigenvalue weighted by molar-refractivity contribution is 6.45. The highest BCUT2D eigenvalue weighted by Gasteiger charge is 2.35. The van der Waals surface area contributed by atoms with E-state index in [2.05, 4.69) is 31.0 Å². The molecular weight excluding hydrogens is 1040 g/mol. The Labute approximate surface area is 462 Å². The van der Waals surface area contributed by atoms with Gasteiger partial charge in [0.05, 0.1) is 58.5 Å². The fourth-order valence-electron chi connectivity index (χ4n) is 10.7. The van der Waals surface area contributed by atoms with Crippen LogP contribution < -0.4 is 21.5 Å². The number of aromatic nitrogens is 7. The Bertz CT molecular complexity index is 3330. The van der Waals surface area contributed by atoms with E-state index in [0.717, 1.165) is 71.0 Å². The number of hydrogen-bond donors (Lipinski definition) is 6. The van der Waals surface area contributed by atoms with Gasteiger partial charge in [0.15, 0.2) is 5.52 Å². The second-order valence-electron chi connectivity index (χ2n) is 20.7. The number of aryl methyl sites for hydroxylation is 1. The minimum Gasteiger partial charge on any atom is -0.388 e. The number of piperidine rings is 1. The van der Waals surface area contributed by atoms with Crippen molar-refractivity contribution in [3.05, 3.63) is 122 Å². The number of aliphatic hydroxyl groups excluding tert-OH is 1. The van der Waals surface area contributed by atoms with Gasteiger partial charge in [-0.25, -0.2) is 4.98 Å². The van der Waals surface area contributed by atoms with Crippen molar-refractivity contribution in [3.8, 4) is 22.5 Å². The molecule has 0 aliphatic carbocycles. The number of fused-ring (bicyclic) bond motifs is 4. The van der Waals surface area contributed by atoms with E-state index in [1.54, 1.807) is 27.4 Å². The maximum atomic E-state index is 13.7. The second kappa shape index (κ2) is 25.3. The molecule has 4 aromatic heterocycles. The van der Waals surface area contributed by atoms with E-state index in [-0.39, 0.29) is 53.7 Å². The standard InChI is InChI=1S/C57H68Cl2N12O7/c1-37(39-11-7-6-8-12-39)29-48(75)68-26-20-57(78,21-27-68)35-70-36-63-53-54(56(70)77)66-67(2)55(53)40-16-14-38(15-17-40)31-60-32-47(74)61-22-10-5-3-4-9-13-46(73)62-23-28-71-25-19-45(65-71)41-30-43(58)51(59)52-50(41)42-33-69(49(76)34-72)24-18-44(42)64-52/h6-8,11-12,14-17,19,25,30,36-37,60,64,72,78H,3-5,9-10,13,18,20-24,26-29,31-35H2,1-2H3,(H,61,74)(H,62,73)/t37-/m1/s1. The predicted octanol–water partition coefficient (Wildman–Crippen LogP) is 6.24. The number of likely N-dealkylation sites (tertiary alicyclic amines) is 1. The highest BCUT2D eigenvalue weighted by Crippen LogP contribution is 2.42. The van der Waals surface area contributed by atoms with Crippen LogP contribution in [-0.4, -0.2) is 129 Å². The van der Waals surface area contributed by atoms with Crippen LogP contribution in [0.15, 0.2) is 84.0 Å². The number of halogens is 2. The molecule has 0 bridgehead atoms. The van der Waals surface area contributed by atoms with Crippen LogP contribution in [0.2, 0.25) is 10.0 Å². The van der Waals surface area contributed by atoms with Crippen molar-refractivity contribution in [1.82, 2.24) is 59.8 Å². The van der Waals surface area contributed by atoms with E-state index >= 15 is 0 Å². The molecule has 412 valence electrons. The fourth-order valence-corrected chi connectivity index (χ4v) is 11.1. The fraction of sp³-hybridized carbons (Fsp3) is 0.439. The number of unbranched alkanes of at least 4 members (excludes halogenated alkanes) is 4. The van der Waals surface area contributed by atoms with Crippen molar-refractivity contribution in [2.75, 3.05) is 45.9 Å². The van der Waals surface area contributed by atoms with E-state index in [1.165, 1.54) is 10.9 Å². The number of nitrogens with one attached hydrogen (secondary N) is 4. The zero-order valence-electron chi connectivity index (χ0n) is 44.2. The summed E-state index contributed by atoms with van der Waals surface area (Å²) in [6, 6.07) is 21.5. The van der Waals surface area contributed by atoms with Crippen LogP contribution >= 0.6 is 23.2 Å². The molecule has 0 spiro atoms. The van der Waals surface area contributed by atoms with Gasteiger partial charge in [-0.2, -0.15) is 10.2 Å². The van der Waals surface area contributed by atoms with Crippen molar-refractivity contribution < 1.29 is 29.4 Å². The lowest BCUT2D eigenvalue weighted by molar-refractivity contribution is -0.136. The lowest BCUT2D eigenvalue weighted by Crippen LogP contribution is -2.49. The van der Waals surface area contributed by atoms with Crippen LogP contribution in [0.3, 0.4) is 0 Å². The first-order chi connectivity index (χ1) is 37.7. The molecule has 9 rings (SSSR count). The minimum atomic E-state index is -1.16. The number of H-pyrrole nitrogens is 1. The van der Waals surface area contributed by atoms with E-state index in [1.807, 2.05) is 78.7 Å². The van der Waals surface area contributed by atoms with Crippen LogP contribution in [-0.2, 0) is 58.8 Å². The molecule has 21 heteroatoms. The number of rotatable bonds is 23. The molecular formula is C57H68Cl2N12O7. The van der Waals surface area contributed by atoms with Crippen molar-refractivity contribution in [2.45, 2.75) is 109 Å². The number of aromatic amines is 1. The van der Waals surface area contributed by atoms with Gasteiger partial charge < -0.3 is 40.9 Å². The molecule has 0 unspecified atom stereocenters. The van der Waals surface area contributed by atoms with Gasteiger partial charge in [0.1, 0.15) is 12.1 Å². The molecule has 2 aliphatic rings.